The molecule has 1 aliphatic rings. The van der Waals surface area contributed by atoms with E-state index in [-0.39, 0.29) is 5.91 Å². The second kappa shape index (κ2) is 9.89. The van der Waals surface area contributed by atoms with E-state index in [9.17, 15) is 10.0 Å². The number of rotatable bonds is 6. The van der Waals surface area contributed by atoms with Gasteiger partial charge in [0.25, 0.3) is 5.91 Å². The average molecular weight is 496 g/mol. The number of carbonyl (C=O) groups excluding carboxylic acids is 1. The van der Waals surface area contributed by atoms with Gasteiger partial charge in [-0.25, -0.2) is 9.97 Å². The first kappa shape index (κ1) is 24.2. The first-order valence-corrected chi connectivity index (χ1v) is 12.3. The summed E-state index contributed by atoms with van der Waals surface area (Å²) in [7, 11) is 1.77. The minimum atomic E-state index is -0.113. The molecule has 1 aliphatic heterocycles. The van der Waals surface area contributed by atoms with Crippen LogP contribution in [0.4, 0.5) is 17.3 Å². The van der Waals surface area contributed by atoms with Crippen LogP contribution in [-0.4, -0.2) is 36.1 Å². The Morgan fingerprint density at radius 2 is 1.86 bits per heavy atom. The lowest BCUT2D eigenvalue weighted by molar-refractivity contribution is -0.604. The van der Waals surface area contributed by atoms with Crippen molar-refractivity contribution in [2.24, 2.45) is 0 Å². The fourth-order valence-electron chi connectivity index (χ4n) is 4.67. The first-order valence-electron chi connectivity index (χ1n) is 12.3. The van der Waals surface area contributed by atoms with Gasteiger partial charge in [-0.3, -0.25) is 4.79 Å². The molecule has 3 aromatic heterocycles. The Kier molecular flexibility index (Phi) is 6.48. The van der Waals surface area contributed by atoms with Crippen molar-refractivity contribution in [2.45, 2.75) is 27.2 Å². The second-order valence-corrected chi connectivity index (χ2v) is 9.15. The van der Waals surface area contributed by atoms with Gasteiger partial charge < -0.3 is 19.7 Å². The van der Waals surface area contributed by atoms with Crippen LogP contribution in [0.5, 0.6) is 5.75 Å². The highest BCUT2D eigenvalue weighted by atomic mass is 16.5. The summed E-state index contributed by atoms with van der Waals surface area (Å²) in [4.78, 5) is 26.1. The Bertz CT molecular complexity index is 1490. The standard InChI is InChI=1S/C29H29N5O3/c1-5-34-27-23(29(35)32(4)25-7-6-12-30-28(25)34)16-21(17-31-27)11-14-37-26-9-8-22(15-20(26)3)24-18-33(36)13-10-19(24)2/h6-10,12-13,15-18H,5,11,14H2,1-4H3. The largest absolute Gasteiger partial charge is 0.619 e. The molecule has 0 bridgehead atoms. The Balaban J connectivity index is 1.33. The van der Waals surface area contributed by atoms with Crippen molar-refractivity contribution >= 4 is 23.2 Å². The van der Waals surface area contributed by atoms with Crippen molar-refractivity contribution in [3.63, 3.8) is 0 Å². The smallest absolute Gasteiger partial charge is 0.261 e. The zero-order valence-corrected chi connectivity index (χ0v) is 21.4. The number of benzene rings is 1. The van der Waals surface area contributed by atoms with Gasteiger partial charge in [0.05, 0.1) is 17.9 Å². The van der Waals surface area contributed by atoms with Gasteiger partial charge in [-0.05, 0) is 73.4 Å². The quantitative estimate of drug-likeness (QED) is 0.283. The van der Waals surface area contributed by atoms with Crippen LogP contribution >= 0.6 is 0 Å². The van der Waals surface area contributed by atoms with Crippen LogP contribution < -0.4 is 19.3 Å². The normalized spacial score (nSPS) is 12.7. The number of pyridine rings is 3. The summed E-state index contributed by atoms with van der Waals surface area (Å²) < 4.78 is 6.90. The molecule has 37 heavy (non-hydrogen) atoms. The predicted molar refractivity (Wildman–Crippen MR) is 143 cm³/mol. The number of aromatic nitrogens is 3. The second-order valence-electron chi connectivity index (χ2n) is 9.15. The van der Waals surface area contributed by atoms with Gasteiger partial charge in [-0.15, -0.1) is 0 Å². The lowest BCUT2D eigenvalue weighted by atomic mass is 10.0. The van der Waals surface area contributed by atoms with Gasteiger partial charge in [0.1, 0.15) is 11.6 Å². The first-order chi connectivity index (χ1) is 17.9. The summed E-state index contributed by atoms with van der Waals surface area (Å²) >= 11 is 0. The molecule has 4 heterocycles. The maximum Gasteiger partial charge on any atom is 0.261 e. The summed E-state index contributed by atoms with van der Waals surface area (Å²) in [5.41, 5.74) is 6.12. The van der Waals surface area contributed by atoms with Crippen molar-refractivity contribution in [3.05, 3.63) is 94.7 Å². The van der Waals surface area contributed by atoms with Crippen LogP contribution in [0.15, 0.2) is 67.3 Å². The van der Waals surface area contributed by atoms with Crippen molar-refractivity contribution in [2.75, 3.05) is 30.0 Å². The minimum Gasteiger partial charge on any atom is -0.619 e. The van der Waals surface area contributed by atoms with Crippen LogP contribution in [0.3, 0.4) is 0 Å². The molecule has 0 radical (unpaired) electrons. The minimum absolute atomic E-state index is 0.113. The molecule has 0 fully saturated rings. The molecule has 0 unspecified atom stereocenters. The number of anilines is 3. The Hall–Kier alpha value is -4.46. The molecule has 5 rings (SSSR count). The van der Waals surface area contributed by atoms with Gasteiger partial charge >= 0.3 is 0 Å². The van der Waals surface area contributed by atoms with E-state index < -0.39 is 0 Å². The molecule has 0 saturated carbocycles. The summed E-state index contributed by atoms with van der Waals surface area (Å²) in [6.07, 6.45) is 7.22. The topological polar surface area (TPSA) is 85.5 Å². The molecule has 188 valence electrons. The fourth-order valence-corrected chi connectivity index (χ4v) is 4.67. The third kappa shape index (κ3) is 4.58. The van der Waals surface area contributed by atoms with Gasteiger partial charge in [0.2, 0.25) is 0 Å². The zero-order chi connectivity index (χ0) is 26.1. The molecule has 8 heteroatoms. The Morgan fingerprint density at radius 3 is 2.65 bits per heavy atom. The van der Waals surface area contributed by atoms with Crippen molar-refractivity contribution < 1.29 is 14.3 Å². The number of hydrogen-bond donors (Lipinski definition) is 0. The molecule has 0 N–H and O–H groups in total. The van der Waals surface area contributed by atoms with Gasteiger partial charge in [0, 0.05) is 44.0 Å². The maximum absolute atomic E-state index is 13.3. The van der Waals surface area contributed by atoms with Crippen molar-refractivity contribution in [3.8, 4) is 16.9 Å². The van der Waals surface area contributed by atoms with E-state index >= 15 is 0 Å². The van der Waals surface area contributed by atoms with E-state index in [1.807, 2.05) is 68.1 Å². The maximum atomic E-state index is 13.3. The van der Waals surface area contributed by atoms with Crippen molar-refractivity contribution in [1.82, 2.24) is 9.97 Å². The SMILES string of the molecule is CCN1c2ncc(CCOc3ccc(-c4c[n+]([O-])ccc4C)cc3C)cc2C(=O)N(C)c2cccnc21. The number of ether oxygens (including phenoxy) is 1. The number of aryl methyl sites for hydroxylation is 2. The number of amides is 1. The number of carbonyl (C=O) groups is 1. The third-order valence-corrected chi connectivity index (χ3v) is 6.70. The highest BCUT2D eigenvalue weighted by Crippen LogP contribution is 2.37. The molecular weight excluding hydrogens is 466 g/mol. The molecule has 0 aliphatic carbocycles. The highest BCUT2D eigenvalue weighted by Gasteiger charge is 2.30. The zero-order valence-electron chi connectivity index (χ0n) is 21.4. The summed E-state index contributed by atoms with van der Waals surface area (Å²) in [6.45, 7) is 7.08. The molecule has 4 aromatic rings. The van der Waals surface area contributed by atoms with Crippen LogP contribution in [0.2, 0.25) is 0 Å². The van der Waals surface area contributed by atoms with Crippen LogP contribution in [-0.2, 0) is 6.42 Å². The summed E-state index contributed by atoms with van der Waals surface area (Å²) in [5, 5.41) is 11.7. The molecular formula is C29H29N5O3. The molecule has 0 saturated heterocycles. The average Bonchev–Trinajstić information content (AvgIpc) is 2.99. The molecule has 0 atom stereocenters. The van der Waals surface area contributed by atoms with Gasteiger partial charge in [-0.1, -0.05) is 6.07 Å². The Labute approximate surface area is 216 Å². The number of fused-ring (bicyclic) bond motifs is 2. The molecule has 1 aromatic carbocycles. The summed E-state index contributed by atoms with van der Waals surface area (Å²) in [6, 6.07) is 13.4. The van der Waals surface area contributed by atoms with Crippen molar-refractivity contribution in [1.29, 1.82) is 0 Å². The predicted octanol–water partition coefficient (Wildman–Crippen LogP) is 4.76. The highest BCUT2D eigenvalue weighted by molar-refractivity contribution is 6.12. The fraction of sp³-hybridized carbons (Fsp3) is 0.241. The molecule has 0 spiro atoms. The van der Waals surface area contributed by atoms with E-state index in [1.165, 1.54) is 6.20 Å². The van der Waals surface area contributed by atoms with Crippen LogP contribution in [0, 0.1) is 19.1 Å². The van der Waals surface area contributed by atoms with E-state index in [4.69, 9.17) is 4.74 Å². The van der Waals surface area contributed by atoms with Crippen LogP contribution in [0.1, 0.15) is 34.0 Å². The van der Waals surface area contributed by atoms with Crippen LogP contribution in [0.25, 0.3) is 11.1 Å². The van der Waals surface area contributed by atoms with E-state index in [0.717, 1.165) is 49.8 Å². The lowest BCUT2D eigenvalue weighted by Gasteiger charge is -2.22. The number of nitrogens with zero attached hydrogens (tertiary/aromatic N) is 5. The third-order valence-electron chi connectivity index (χ3n) is 6.70. The molecule has 8 nitrogen and oxygen atoms in total. The lowest BCUT2D eigenvalue weighted by Crippen LogP contribution is -2.25. The Morgan fingerprint density at radius 1 is 1.03 bits per heavy atom. The number of hydrogen-bond acceptors (Lipinski definition) is 6. The van der Waals surface area contributed by atoms with E-state index in [2.05, 4.69) is 9.97 Å². The molecule has 1 amide bonds. The van der Waals surface area contributed by atoms with Gasteiger partial charge in [-0.2, -0.15) is 4.73 Å². The van der Waals surface area contributed by atoms with Gasteiger partial charge in [0.15, 0.2) is 18.2 Å². The monoisotopic (exact) mass is 495 g/mol. The summed E-state index contributed by atoms with van der Waals surface area (Å²) in [5.74, 6) is 2.00. The van der Waals surface area contributed by atoms with E-state index in [0.29, 0.717) is 31.0 Å². The van der Waals surface area contributed by atoms with E-state index in [1.54, 1.807) is 30.5 Å².